The molecule has 18 heavy (non-hydrogen) atoms. The van der Waals surface area contributed by atoms with Crippen LogP contribution in [0.15, 0.2) is 12.5 Å². The van der Waals surface area contributed by atoms with E-state index in [-0.39, 0.29) is 11.6 Å². The molecule has 1 heterocycles. The van der Waals surface area contributed by atoms with Crippen LogP contribution in [0.25, 0.3) is 0 Å². The van der Waals surface area contributed by atoms with Gasteiger partial charge in [-0.05, 0) is 18.8 Å². The fraction of sp³-hybridized carbons (Fsp3) is 0.643. The lowest BCUT2D eigenvalue weighted by Crippen LogP contribution is -2.31. The number of rotatable bonds is 4. The monoisotopic (exact) mass is 248 g/mol. The van der Waals surface area contributed by atoms with E-state index in [0.29, 0.717) is 24.5 Å². The molecule has 1 aliphatic carbocycles. The van der Waals surface area contributed by atoms with Crippen molar-refractivity contribution in [1.82, 2.24) is 9.55 Å². The number of ketones is 2. The predicted octanol–water partition coefficient (Wildman–Crippen LogP) is 2.39. The Bertz CT molecular complexity index is 450. The highest BCUT2D eigenvalue weighted by molar-refractivity contribution is 6.09. The van der Waals surface area contributed by atoms with E-state index in [9.17, 15) is 9.59 Å². The molecule has 1 aliphatic rings. The van der Waals surface area contributed by atoms with Gasteiger partial charge in [0.25, 0.3) is 0 Å². The van der Waals surface area contributed by atoms with E-state index < -0.39 is 5.92 Å². The smallest absolute Gasteiger partial charge is 0.193 e. The Hall–Kier alpha value is -1.45. The van der Waals surface area contributed by atoms with Crippen LogP contribution >= 0.6 is 0 Å². The molecule has 0 saturated heterocycles. The lowest BCUT2D eigenvalue weighted by molar-refractivity contribution is -0.124. The summed E-state index contributed by atoms with van der Waals surface area (Å²) in [7, 11) is 1.83. The van der Waals surface area contributed by atoms with Crippen LogP contribution in [0.5, 0.6) is 0 Å². The zero-order valence-corrected chi connectivity index (χ0v) is 11.1. The molecule has 1 saturated carbocycles. The quantitative estimate of drug-likeness (QED) is 0.607. The minimum absolute atomic E-state index is 0.0954. The summed E-state index contributed by atoms with van der Waals surface area (Å²) >= 11 is 0. The van der Waals surface area contributed by atoms with Crippen LogP contribution < -0.4 is 0 Å². The third kappa shape index (κ3) is 2.68. The first-order valence-electron chi connectivity index (χ1n) is 6.66. The van der Waals surface area contributed by atoms with Gasteiger partial charge in [-0.15, -0.1) is 0 Å². The van der Waals surface area contributed by atoms with E-state index in [2.05, 4.69) is 11.9 Å². The van der Waals surface area contributed by atoms with E-state index in [1.165, 1.54) is 0 Å². The number of nitrogens with zero attached hydrogens (tertiary/aromatic N) is 2. The number of aromatic nitrogens is 2. The van der Waals surface area contributed by atoms with Crippen molar-refractivity contribution in [1.29, 1.82) is 0 Å². The Labute approximate surface area is 107 Å². The van der Waals surface area contributed by atoms with Crippen molar-refractivity contribution < 1.29 is 9.59 Å². The highest BCUT2D eigenvalue weighted by atomic mass is 16.2. The fourth-order valence-corrected chi connectivity index (χ4v) is 2.75. The van der Waals surface area contributed by atoms with E-state index in [0.717, 1.165) is 19.3 Å². The van der Waals surface area contributed by atoms with Gasteiger partial charge in [0.1, 0.15) is 11.5 Å². The summed E-state index contributed by atoms with van der Waals surface area (Å²) in [4.78, 5) is 28.2. The van der Waals surface area contributed by atoms with Crippen molar-refractivity contribution in [2.45, 2.75) is 39.0 Å². The summed E-state index contributed by atoms with van der Waals surface area (Å²) in [5.41, 5.74) is 0.424. The molecule has 0 aliphatic heterocycles. The largest absolute Gasteiger partial charge is 0.340 e. The van der Waals surface area contributed by atoms with Crippen molar-refractivity contribution >= 4 is 11.6 Å². The Morgan fingerprint density at radius 3 is 2.94 bits per heavy atom. The van der Waals surface area contributed by atoms with Crippen LogP contribution in [-0.4, -0.2) is 21.1 Å². The zero-order valence-electron chi connectivity index (χ0n) is 11.1. The maximum Gasteiger partial charge on any atom is 0.193 e. The number of Topliss-reactive ketones (excluding diaryl/α,β-unsaturated/α-hetero) is 2. The van der Waals surface area contributed by atoms with Crippen molar-refractivity contribution in [3.8, 4) is 0 Å². The predicted molar refractivity (Wildman–Crippen MR) is 68.3 cm³/mol. The molecule has 1 aromatic heterocycles. The van der Waals surface area contributed by atoms with Crippen molar-refractivity contribution in [2.75, 3.05) is 0 Å². The van der Waals surface area contributed by atoms with Crippen LogP contribution in [0, 0.1) is 11.8 Å². The first-order chi connectivity index (χ1) is 8.61. The summed E-state index contributed by atoms with van der Waals surface area (Å²) in [5.74, 6) is 0.0648. The normalized spacial score (nSPS) is 24.2. The van der Waals surface area contributed by atoms with Gasteiger partial charge in [-0.1, -0.05) is 19.8 Å². The van der Waals surface area contributed by atoms with Gasteiger partial charge in [-0.3, -0.25) is 9.59 Å². The average Bonchev–Trinajstić information content (AvgIpc) is 2.78. The van der Waals surface area contributed by atoms with Crippen LogP contribution in [-0.2, 0) is 11.8 Å². The molecule has 4 nitrogen and oxygen atoms in total. The molecule has 2 rings (SSSR count). The molecule has 1 fully saturated rings. The summed E-state index contributed by atoms with van der Waals surface area (Å²) in [6.45, 7) is 2.14. The zero-order chi connectivity index (χ0) is 13.1. The number of carbonyl (C=O) groups excluding carboxylic acids is 2. The van der Waals surface area contributed by atoms with Gasteiger partial charge in [-0.2, -0.15) is 0 Å². The van der Waals surface area contributed by atoms with Crippen LogP contribution in [0.2, 0.25) is 0 Å². The fourth-order valence-electron chi connectivity index (χ4n) is 2.75. The molecular weight excluding hydrogens is 228 g/mol. The number of hydrogen-bond donors (Lipinski definition) is 0. The second-order valence-electron chi connectivity index (χ2n) is 5.24. The topological polar surface area (TPSA) is 52.0 Å². The maximum absolute atomic E-state index is 12.3. The molecule has 0 aromatic carbocycles. The highest BCUT2D eigenvalue weighted by Gasteiger charge is 2.34. The minimum atomic E-state index is -0.454. The molecule has 2 unspecified atom stereocenters. The molecule has 0 spiro atoms. The molecule has 0 amide bonds. The second kappa shape index (κ2) is 5.46. The average molecular weight is 248 g/mol. The van der Waals surface area contributed by atoms with Crippen LogP contribution in [0.1, 0.15) is 49.5 Å². The third-order valence-electron chi connectivity index (χ3n) is 3.73. The first-order valence-corrected chi connectivity index (χ1v) is 6.66. The van der Waals surface area contributed by atoms with E-state index in [1.54, 1.807) is 17.1 Å². The summed E-state index contributed by atoms with van der Waals surface area (Å²) < 4.78 is 1.74. The maximum atomic E-state index is 12.3. The lowest BCUT2D eigenvalue weighted by atomic mass is 9.76. The second-order valence-corrected chi connectivity index (χ2v) is 5.24. The van der Waals surface area contributed by atoms with E-state index >= 15 is 0 Å². The summed E-state index contributed by atoms with van der Waals surface area (Å²) in [5, 5.41) is 0. The number of hydrogen-bond acceptors (Lipinski definition) is 3. The van der Waals surface area contributed by atoms with Crippen molar-refractivity contribution in [3.05, 3.63) is 18.2 Å². The van der Waals surface area contributed by atoms with Crippen LogP contribution in [0.3, 0.4) is 0 Å². The van der Waals surface area contributed by atoms with Gasteiger partial charge in [0.05, 0.1) is 12.2 Å². The minimum Gasteiger partial charge on any atom is -0.340 e. The molecule has 0 bridgehead atoms. The highest BCUT2D eigenvalue weighted by Crippen LogP contribution is 2.31. The molecule has 0 radical (unpaired) electrons. The molecule has 0 N–H and O–H groups in total. The van der Waals surface area contributed by atoms with Gasteiger partial charge < -0.3 is 4.57 Å². The van der Waals surface area contributed by atoms with E-state index in [4.69, 9.17) is 0 Å². The van der Waals surface area contributed by atoms with Crippen molar-refractivity contribution in [2.24, 2.45) is 18.9 Å². The Morgan fingerprint density at radius 1 is 1.56 bits per heavy atom. The SMILES string of the molecule is CCCC1CCC(=O)C(C(=O)c2cn(C)cn2)C1. The number of imidazole rings is 1. The third-order valence-corrected chi connectivity index (χ3v) is 3.73. The summed E-state index contributed by atoms with van der Waals surface area (Å²) in [6.07, 6.45) is 7.72. The van der Waals surface area contributed by atoms with E-state index in [1.807, 2.05) is 7.05 Å². The molecule has 2 atom stereocenters. The molecule has 98 valence electrons. The Balaban J connectivity index is 2.10. The molecule has 4 heteroatoms. The standard InChI is InChI=1S/C14H20N2O2/c1-3-4-10-5-6-13(17)11(7-10)14(18)12-8-16(2)9-15-12/h8-11H,3-7H2,1-2H3. The molecule has 1 aromatic rings. The number of carbonyl (C=O) groups is 2. The molecular formula is C14H20N2O2. The number of aryl methyl sites for hydroxylation is 1. The van der Waals surface area contributed by atoms with Gasteiger partial charge in [-0.25, -0.2) is 4.98 Å². The Kier molecular flexibility index (Phi) is 3.94. The first kappa shape index (κ1) is 13.0. The van der Waals surface area contributed by atoms with Gasteiger partial charge in [0.15, 0.2) is 5.78 Å². The summed E-state index contributed by atoms with van der Waals surface area (Å²) in [6, 6.07) is 0. The van der Waals surface area contributed by atoms with Gasteiger partial charge in [0.2, 0.25) is 0 Å². The van der Waals surface area contributed by atoms with Gasteiger partial charge in [0, 0.05) is 19.7 Å². The van der Waals surface area contributed by atoms with Crippen molar-refractivity contribution in [3.63, 3.8) is 0 Å². The van der Waals surface area contributed by atoms with Gasteiger partial charge >= 0.3 is 0 Å². The lowest BCUT2D eigenvalue weighted by Gasteiger charge is -2.26. The Morgan fingerprint density at radius 2 is 2.33 bits per heavy atom. The van der Waals surface area contributed by atoms with Crippen LogP contribution in [0.4, 0.5) is 0 Å².